The van der Waals surface area contributed by atoms with E-state index in [2.05, 4.69) is 35.7 Å². The van der Waals surface area contributed by atoms with Crippen LogP contribution in [0.4, 0.5) is 5.69 Å². The molecule has 170 valence electrons. The zero-order chi connectivity index (χ0) is 22.9. The van der Waals surface area contributed by atoms with Crippen LogP contribution in [0.15, 0.2) is 67.3 Å². The number of hydrogen-bond donors (Lipinski definition) is 0. The van der Waals surface area contributed by atoms with Gasteiger partial charge in [-0.05, 0) is 42.5 Å². The number of nitrogens with zero attached hydrogens (tertiary/aromatic N) is 2. The lowest BCUT2D eigenvalue weighted by atomic mass is 10.0. The summed E-state index contributed by atoms with van der Waals surface area (Å²) in [5.74, 6) is -0.459. The molecule has 5 nitrogen and oxygen atoms in total. The van der Waals surface area contributed by atoms with Gasteiger partial charge in [-0.3, -0.25) is 4.79 Å². The van der Waals surface area contributed by atoms with E-state index in [1.807, 2.05) is 43.3 Å². The maximum absolute atomic E-state index is 13.2. The number of amides is 1. The highest BCUT2D eigenvalue weighted by Gasteiger charge is 2.40. The Bertz CT molecular complexity index is 895. The second-order valence-corrected chi connectivity index (χ2v) is 8.45. The van der Waals surface area contributed by atoms with Crippen LogP contribution in [-0.4, -0.2) is 43.1 Å². The molecule has 2 aromatic rings. The van der Waals surface area contributed by atoms with Crippen LogP contribution in [0.1, 0.15) is 39.0 Å². The first kappa shape index (κ1) is 23.6. The Morgan fingerprint density at radius 3 is 2.41 bits per heavy atom. The predicted molar refractivity (Wildman–Crippen MR) is 129 cm³/mol. The molecule has 32 heavy (non-hydrogen) atoms. The van der Waals surface area contributed by atoms with Gasteiger partial charge in [0.25, 0.3) is 0 Å². The summed E-state index contributed by atoms with van der Waals surface area (Å²) >= 11 is 0. The molecule has 1 saturated heterocycles. The van der Waals surface area contributed by atoms with E-state index in [-0.39, 0.29) is 17.8 Å². The Morgan fingerprint density at radius 1 is 1.06 bits per heavy atom. The van der Waals surface area contributed by atoms with Gasteiger partial charge in [0.2, 0.25) is 5.91 Å². The third kappa shape index (κ3) is 5.78. The van der Waals surface area contributed by atoms with Crippen LogP contribution in [-0.2, 0) is 14.3 Å². The number of unbranched alkanes of at least 4 members (excludes halogenated alkanes) is 3. The third-order valence-corrected chi connectivity index (χ3v) is 6.16. The van der Waals surface area contributed by atoms with Crippen LogP contribution in [0, 0.1) is 5.92 Å². The van der Waals surface area contributed by atoms with Crippen LogP contribution >= 0.6 is 0 Å². The van der Waals surface area contributed by atoms with Gasteiger partial charge in [-0.25, -0.2) is 4.79 Å². The fraction of sp³-hybridized carbons (Fsp3) is 0.407. The Kier molecular flexibility index (Phi) is 8.48. The first-order valence-corrected chi connectivity index (χ1v) is 11.4. The quantitative estimate of drug-likeness (QED) is 0.290. The minimum absolute atomic E-state index is 0.0209. The number of carbonyl (C=O) groups is 2. The van der Waals surface area contributed by atoms with E-state index in [0.717, 1.165) is 48.9 Å². The summed E-state index contributed by atoms with van der Waals surface area (Å²) in [5.41, 5.74) is 3.29. The van der Waals surface area contributed by atoms with Crippen molar-refractivity contribution in [1.29, 1.82) is 0 Å². The molecule has 5 heteroatoms. The molecule has 0 radical (unpaired) electrons. The van der Waals surface area contributed by atoms with Crippen molar-refractivity contribution in [2.45, 2.75) is 45.1 Å². The van der Waals surface area contributed by atoms with Gasteiger partial charge < -0.3 is 14.5 Å². The number of hydrogen-bond acceptors (Lipinski definition) is 4. The Hall–Kier alpha value is -3.08. The predicted octanol–water partition coefficient (Wildman–Crippen LogP) is 5.27. The van der Waals surface area contributed by atoms with Crippen LogP contribution in [0.3, 0.4) is 0 Å². The first-order valence-electron chi connectivity index (χ1n) is 11.4. The normalized spacial score (nSPS) is 16.6. The van der Waals surface area contributed by atoms with Crippen molar-refractivity contribution in [3.8, 4) is 11.1 Å². The maximum atomic E-state index is 13.2. The standard InChI is InChI=1S/C27H34N2O3/c1-4-5-6-7-9-12-21(2)26(30)29-20-28(19-25(29)27(31)32-3)24-17-15-23(16-18-24)22-13-10-8-11-14-22/h4,8,10-11,13-18,21,25H,1,5-7,9,12,19-20H2,2-3H3/t21-,25-/m0/s1. The van der Waals surface area contributed by atoms with E-state index in [0.29, 0.717) is 13.2 Å². The van der Waals surface area contributed by atoms with Gasteiger partial charge in [0, 0.05) is 11.6 Å². The van der Waals surface area contributed by atoms with Gasteiger partial charge in [-0.1, -0.05) is 68.3 Å². The molecule has 1 fully saturated rings. The van der Waals surface area contributed by atoms with Crippen molar-refractivity contribution < 1.29 is 14.3 Å². The Balaban J connectivity index is 1.67. The van der Waals surface area contributed by atoms with Crippen molar-refractivity contribution >= 4 is 17.6 Å². The van der Waals surface area contributed by atoms with Crippen molar-refractivity contribution in [1.82, 2.24) is 4.90 Å². The number of allylic oxidation sites excluding steroid dienone is 1. The summed E-state index contributed by atoms with van der Waals surface area (Å²) in [6.07, 6.45) is 6.96. The smallest absolute Gasteiger partial charge is 0.330 e. The van der Waals surface area contributed by atoms with Crippen LogP contribution < -0.4 is 4.90 Å². The molecule has 0 aromatic heterocycles. The number of anilines is 1. The number of ether oxygens (including phenoxy) is 1. The first-order chi connectivity index (χ1) is 15.5. The summed E-state index contributed by atoms with van der Waals surface area (Å²) in [7, 11) is 1.38. The van der Waals surface area contributed by atoms with Gasteiger partial charge in [0.15, 0.2) is 0 Å². The number of methoxy groups -OCH3 is 1. The molecule has 0 bridgehead atoms. The molecular formula is C27H34N2O3. The summed E-state index contributed by atoms with van der Waals surface area (Å²) < 4.78 is 5.01. The molecule has 1 amide bonds. The van der Waals surface area contributed by atoms with E-state index in [1.165, 1.54) is 7.11 Å². The molecular weight excluding hydrogens is 400 g/mol. The van der Waals surface area contributed by atoms with Crippen molar-refractivity contribution in [3.05, 3.63) is 67.3 Å². The van der Waals surface area contributed by atoms with Crippen LogP contribution in [0.25, 0.3) is 11.1 Å². The monoisotopic (exact) mass is 434 g/mol. The summed E-state index contributed by atoms with van der Waals surface area (Å²) in [4.78, 5) is 29.4. The van der Waals surface area contributed by atoms with Crippen molar-refractivity contribution in [3.63, 3.8) is 0 Å². The van der Waals surface area contributed by atoms with E-state index in [1.54, 1.807) is 4.90 Å². The van der Waals surface area contributed by atoms with Crippen molar-refractivity contribution in [2.75, 3.05) is 25.2 Å². The third-order valence-electron chi connectivity index (χ3n) is 6.16. The molecule has 0 N–H and O–H groups in total. The molecule has 0 saturated carbocycles. The molecule has 1 aliphatic heterocycles. The highest BCUT2D eigenvalue weighted by atomic mass is 16.5. The zero-order valence-electron chi connectivity index (χ0n) is 19.2. The highest BCUT2D eigenvalue weighted by molar-refractivity contribution is 5.87. The highest BCUT2D eigenvalue weighted by Crippen LogP contribution is 2.28. The molecule has 2 aromatic carbocycles. The number of esters is 1. The summed E-state index contributed by atoms with van der Waals surface area (Å²) in [5, 5.41) is 0. The minimum atomic E-state index is -0.579. The van der Waals surface area contributed by atoms with E-state index < -0.39 is 6.04 Å². The maximum Gasteiger partial charge on any atom is 0.330 e. The second-order valence-electron chi connectivity index (χ2n) is 8.45. The van der Waals surface area contributed by atoms with Gasteiger partial charge in [-0.2, -0.15) is 0 Å². The van der Waals surface area contributed by atoms with Gasteiger partial charge >= 0.3 is 5.97 Å². The Labute approximate surface area is 191 Å². The Morgan fingerprint density at radius 2 is 1.75 bits per heavy atom. The summed E-state index contributed by atoms with van der Waals surface area (Å²) in [6, 6.07) is 17.9. The average Bonchev–Trinajstić information content (AvgIpc) is 3.29. The molecule has 3 rings (SSSR count). The second kappa shape index (κ2) is 11.5. The number of carbonyl (C=O) groups excluding carboxylic acids is 2. The summed E-state index contributed by atoms with van der Waals surface area (Å²) in [6.45, 7) is 6.54. The molecule has 0 spiro atoms. The lowest BCUT2D eigenvalue weighted by molar-refractivity contribution is -0.151. The number of benzene rings is 2. The molecule has 1 aliphatic rings. The van der Waals surface area contributed by atoms with Crippen molar-refractivity contribution in [2.24, 2.45) is 5.92 Å². The van der Waals surface area contributed by atoms with E-state index in [4.69, 9.17) is 4.74 Å². The van der Waals surface area contributed by atoms with Gasteiger partial charge in [-0.15, -0.1) is 6.58 Å². The van der Waals surface area contributed by atoms with E-state index in [9.17, 15) is 9.59 Å². The van der Waals surface area contributed by atoms with Gasteiger partial charge in [0.05, 0.1) is 20.3 Å². The van der Waals surface area contributed by atoms with Gasteiger partial charge in [0.1, 0.15) is 6.04 Å². The van der Waals surface area contributed by atoms with Crippen LogP contribution in [0.2, 0.25) is 0 Å². The lowest BCUT2D eigenvalue weighted by Crippen LogP contribution is -2.44. The average molecular weight is 435 g/mol. The van der Waals surface area contributed by atoms with Crippen LogP contribution in [0.5, 0.6) is 0 Å². The SMILES string of the molecule is C=CCCCCC[C@H](C)C(=O)N1CN(c2ccc(-c3ccccc3)cc2)C[C@H]1C(=O)OC. The zero-order valence-corrected chi connectivity index (χ0v) is 19.2. The largest absolute Gasteiger partial charge is 0.467 e. The number of rotatable bonds is 10. The molecule has 0 unspecified atom stereocenters. The fourth-order valence-electron chi connectivity index (χ4n) is 4.21. The lowest BCUT2D eigenvalue weighted by Gasteiger charge is -2.25. The molecule has 1 heterocycles. The van der Waals surface area contributed by atoms with E-state index >= 15 is 0 Å². The fourth-order valence-corrected chi connectivity index (χ4v) is 4.21. The topological polar surface area (TPSA) is 49.9 Å². The molecule has 2 atom stereocenters. The molecule has 0 aliphatic carbocycles. The minimum Gasteiger partial charge on any atom is -0.467 e.